The summed E-state index contributed by atoms with van der Waals surface area (Å²) in [6.45, 7) is 0.536. The number of rotatable bonds is 9. The number of nitrogens with one attached hydrogen (secondary N) is 4. The Labute approximate surface area is 168 Å². The van der Waals surface area contributed by atoms with Crippen LogP contribution in [0, 0.1) is 5.82 Å². The average molecular weight is 422 g/mol. The number of hydrogen-bond donors (Lipinski definition) is 4. The third-order valence-corrected chi connectivity index (χ3v) is 4.33. The van der Waals surface area contributed by atoms with Crippen molar-refractivity contribution in [1.82, 2.24) is 16.0 Å². The maximum atomic E-state index is 13.1. The molecule has 0 aliphatic heterocycles. The minimum Gasteiger partial charge on any atom is -0.354 e. The van der Waals surface area contributed by atoms with E-state index in [4.69, 9.17) is 0 Å². The number of benzene rings is 2. The van der Waals surface area contributed by atoms with Gasteiger partial charge in [-0.3, -0.25) is 9.52 Å². The molecular formula is C19H23FN4O4S. The molecule has 156 valence electrons. The first kappa shape index (κ1) is 22.2. The van der Waals surface area contributed by atoms with Gasteiger partial charge in [-0.15, -0.1) is 0 Å². The number of halogens is 1. The largest absolute Gasteiger partial charge is 0.354 e. The predicted octanol–water partition coefficient (Wildman–Crippen LogP) is 1.36. The highest BCUT2D eigenvalue weighted by molar-refractivity contribution is 7.92. The number of sulfonamides is 1. The topological polar surface area (TPSA) is 116 Å². The van der Waals surface area contributed by atoms with E-state index in [1.54, 1.807) is 30.3 Å². The Bertz CT molecular complexity index is 966. The van der Waals surface area contributed by atoms with E-state index in [1.165, 1.54) is 18.2 Å². The van der Waals surface area contributed by atoms with Crippen molar-refractivity contribution >= 4 is 27.6 Å². The zero-order chi connectivity index (χ0) is 21.3. The SMILES string of the molecule is CS(=O)(=O)Nc1ccccc1CNC(=O)NCCNC(=O)Cc1cccc(F)c1. The molecule has 0 saturated carbocycles. The summed E-state index contributed by atoms with van der Waals surface area (Å²) in [4.78, 5) is 23.7. The maximum Gasteiger partial charge on any atom is 0.315 e. The fraction of sp³-hybridized carbons (Fsp3) is 0.263. The molecule has 0 saturated heterocycles. The highest BCUT2D eigenvalue weighted by Gasteiger charge is 2.08. The Morgan fingerprint density at radius 3 is 2.41 bits per heavy atom. The smallest absolute Gasteiger partial charge is 0.315 e. The molecule has 0 radical (unpaired) electrons. The van der Waals surface area contributed by atoms with E-state index in [1.807, 2.05) is 0 Å². The molecule has 2 aromatic carbocycles. The number of urea groups is 1. The van der Waals surface area contributed by atoms with Gasteiger partial charge in [0.1, 0.15) is 5.82 Å². The second-order valence-electron chi connectivity index (χ2n) is 6.30. The third-order valence-electron chi connectivity index (χ3n) is 3.74. The fourth-order valence-corrected chi connectivity index (χ4v) is 3.08. The Kier molecular flexibility index (Phi) is 7.96. The van der Waals surface area contributed by atoms with E-state index in [9.17, 15) is 22.4 Å². The molecule has 4 N–H and O–H groups in total. The monoisotopic (exact) mass is 422 g/mol. The van der Waals surface area contributed by atoms with E-state index in [2.05, 4.69) is 20.7 Å². The van der Waals surface area contributed by atoms with Crippen LogP contribution >= 0.6 is 0 Å². The number of carbonyl (C=O) groups is 2. The van der Waals surface area contributed by atoms with Gasteiger partial charge in [0.2, 0.25) is 15.9 Å². The van der Waals surface area contributed by atoms with Crippen LogP contribution < -0.4 is 20.7 Å². The van der Waals surface area contributed by atoms with Crippen LogP contribution in [0.15, 0.2) is 48.5 Å². The van der Waals surface area contributed by atoms with Crippen LogP contribution in [0.1, 0.15) is 11.1 Å². The summed E-state index contributed by atoms with van der Waals surface area (Å²) in [7, 11) is -3.43. The average Bonchev–Trinajstić information content (AvgIpc) is 2.63. The molecule has 2 rings (SSSR count). The predicted molar refractivity (Wildman–Crippen MR) is 108 cm³/mol. The van der Waals surface area contributed by atoms with Crippen molar-refractivity contribution in [3.63, 3.8) is 0 Å². The van der Waals surface area contributed by atoms with E-state index in [0.717, 1.165) is 6.26 Å². The molecule has 0 spiro atoms. The van der Waals surface area contributed by atoms with Gasteiger partial charge in [0, 0.05) is 19.6 Å². The first-order valence-electron chi connectivity index (χ1n) is 8.81. The Morgan fingerprint density at radius 2 is 1.69 bits per heavy atom. The van der Waals surface area contributed by atoms with Crippen molar-refractivity contribution in [2.75, 3.05) is 24.1 Å². The quantitative estimate of drug-likeness (QED) is 0.457. The van der Waals surface area contributed by atoms with Gasteiger partial charge in [0.15, 0.2) is 0 Å². The van der Waals surface area contributed by atoms with Crippen LogP contribution in [-0.4, -0.2) is 39.7 Å². The van der Waals surface area contributed by atoms with Crippen LogP contribution in [0.25, 0.3) is 0 Å². The van der Waals surface area contributed by atoms with Crippen LogP contribution in [0.2, 0.25) is 0 Å². The third kappa shape index (κ3) is 8.60. The first-order valence-corrected chi connectivity index (χ1v) is 10.7. The Hall–Kier alpha value is -3.14. The summed E-state index contributed by atoms with van der Waals surface area (Å²) in [5.74, 6) is -0.680. The Morgan fingerprint density at radius 1 is 0.966 bits per heavy atom. The maximum absolute atomic E-state index is 13.1. The summed E-state index contributed by atoms with van der Waals surface area (Å²) >= 11 is 0. The molecule has 0 atom stereocenters. The number of anilines is 1. The van der Waals surface area contributed by atoms with Crippen LogP contribution in [0.4, 0.5) is 14.9 Å². The van der Waals surface area contributed by atoms with E-state index in [0.29, 0.717) is 16.8 Å². The van der Waals surface area contributed by atoms with Gasteiger partial charge in [-0.25, -0.2) is 17.6 Å². The Balaban J connectivity index is 1.69. The van der Waals surface area contributed by atoms with E-state index in [-0.39, 0.29) is 32.0 Å². The molecule has 29 heavy (non-hydrogen) atoms. The van der Waals surface area contributed by atoms with Crippen LogP contribution in [0.3, 0.4) is 0 Å². The molecule has 0 heterocycles. The zero-order valence-corrected chi connectivity index (χ0v) is 16.7. The highest BCUT2D eigenvalue weighted by atomic mass is 32.2. The minimum absolute atomic E-state index is 0.0497. The lowest BCUT2D eigenvalue weighted by Gasteiger charge is -2.12. The van der Waals surface area contributed by atoms with Crippen molar-refractivity contribution in [2.24, 2.45) is 0 Å². The molecule has 0 unspecified atom stereocenters. The van der Waals surface area contributed by atoms with Crippen LogP contribution in [-0.2, 0) is 27.8 Å². The van der Waals surface area contributed by atoms with Crippen molar-refractivity contribution in [3.05, 3.63) is 65.5 Å². The van der Waals surface area contributed by atoms with Crippen molar-refractivity contribution in [3.8, 4) is 0 Å². The van der Waals surface area contributed by atoms with Gasteiger partial charge in [-0.05, 0) is 29.3 Å². The molecule has 3 amide bonds. The summed E-state index contributed by atoms with van der Waals surface area (Å²) in [6, 6.07) is 12.0. The van der Waals surface area contributed by atoms with Gasteiger partial charge in [-0.1, -0.05) is 30.3 Å². The molecule has 0 aromatic heterocycles. The lowest BCUT2D eigenvalue weighted by Crippen LogP contribution is -2.40. The minimum atomic E-state index is -3.43. The van der Waals surface area contributed by atoms with Gasteiger partial charge < -0.3 is 16.0 Å². The number of amides is 3. The molecule has 0 aliphatic rings. The summed E-state index contributed by atoms with van der Waals surface area (Å²) in [5.41, 5.74) is 1.56. The van der Waals surface area contributed by atoms with E-state index < -0.39 is 21.9 Å². The van der Waals surface area contributed by atoms with Crippen molar-refractivity contribution in [2.45, 2.75) is 13.0 Å². The molecule has 0 bridgehead atoms. The first-order chi connectivity index (χ1) is 13.7. The van der Waals surface area contributed by atoms with Gasteiger partial charge in [0.05, 0.1) is 18.4 Å². The fourth-order valence-electron chi connectivity index (χ4n) is 2.48. The van der Waals surface area contributed by atoms with Gasteiger partial charge in [-0.2, -0.15) is 0 Å². The molecule has 2 aromatic rings. The molecule has 8 nitrogen and oxygen atoms in total. The number of hydrogen-bond acceptors (Lipinski definition) is 4. The van der Waals surface area contributed by atoms with E-state index >= 15 is 0 Å². The van der Waals surface area contributed by atoms with Crippen LogP contribution in [0.5, 0.6) is 0 Å². The normalized spacial score (nSPS) is 10.8. The molecule has 10 heteroatoms. The van der Waals surface area contributed by atoms with Gasteiger partial charge in [0.25, 0.3) is 0 Å². The standard InChI is InChI=1S/C19H23FN4O4S/c1-29(27,28)24-17-8-3-2-6-15(17)13-23-19(26)22-10-9-21-18(25)12-14-5-4-7-16(20)11-14/h2-8,11,24H,9-10,12-13H2,1H3,(H,21,25)(H2,22,23,26). The molecule has 0 aliphatic carbocycles. The summed E-state index contributed by atoms with van der Waals surface area (Å²) < 4.78 is 38.3. The summed E-state index contributed by atoms with van der Waals surface area (Å²) in [5, 5.41) is 7.84. The number of para-hydroxylation sites is 1. The second kappa shape index (κ2) is 10.4. The molecule has 0 fully saturated rings. The lowest BCUT2D eigenvalue weighted by atomic mass is 10.1. The van der Waals surface area contributed by atoms with Crippen molar-refractivity contribution in [1.29, 1.82) is 0 Å². The second-order valence-corrected chi connectivity index (χ2v) is 8.05. The number of carbonyl (C=O) groups excluding carboxylic acids is 2. The highest BCUT2D eigenvalue weighted by Crippen LogP contribution is 2.15. The van der Waals surface area contributed by atoms with Gasteiger partial charge >= 0.3 is 6.03 Å². The molecular weight excluding hydrogens is 399 g/mol. The van der Waals surface area contributed by atoms with Crippen molar-refractivity contribution < 1.29 is 22.4 Å². The zero-order valence-electron chi connectivity index (χ0n) is 15.9. The lowest BCUT2D eigenvalue weighted by molar-refractivity contribution is -0.120. The summed E-state index contributed by atoms with van der Waals surface area (Å²) in [6.07, 6.45) is 1.10.